The molecule has 0 unspecified atom stereocenters. The van der Waals surface area contributed by atoms with Crippen molar-refractivity contribution < 1.29 is 17.9 Å². The lowest BCUT2D eigenvalue weighted by atomic mass is 10.00. The van der Waals surface area contributed by atoms with Crippen molar-refractivity contribution in [1.82, 2.24) is 4.98 Å². The Morgan fingerprint density at radius 1 is 1.00 bits per heavy atom. The third-order valence-corrected chi connectivity index (χ3v) is 7.56. The molecule has 0 aliphatic rings. The van der Waals surface area contributed by atoms with Crippen molar-refractivity contribution in [2.45, 2.75) is 10.6 Å². The zero-order chi connectivity index (χ0) is 22.7. The summed E-state index contributed by atoms with van der Waals surface area (Å²) in [5, 5.41) is 2.77. The molecule has 0 radical (unpaired) electrons. The largest absolute Gasteiger partial charge is 0.465 e. The monoisotopic (exact) mass is 483 g/mol. The first kappa shape index (κ1) is 22.2. The fraction of sp³-hybridized carbons (Fsp3) is 0.0833. The van der Waals surface area contributed by atoms with Crippen molar-refractivity contribution in [2.75, 3.05) is 7.11 Å². The molecule has 162 valence electrons. The maximum Gasteiger partial charge on any atom is 0.338 e. The molecule has 0 fully saturated rings. The molecular formula is C24H18ClNO4S2. The highest BCUT2D eigenvalue weighted by atomic mass is 35.5. The predicted molar refractivity (Wildman–Crippen MR) is 127 cm³/mol. The normalized spacial score (nSPS) is 11.3. The summed E-state index contributed by atoms with van der Waals surface area (Å²) in [5.74, 6) is -0.972. The van der Waals surface area contributed by atoms with Gasteiger partial charge in [-0.2, -0.15) is 0 Å². The van der Waals surface area contributed by atoms with E-state index in [1.54, 1.807) is 36.5 Å². The van der Waals surface area contributed by atoms with E-state index in [1.165, 1.54) is 24.5 Å². The number of sulfone groups is 1. The second kappa shape index (κ2) is 9.24. The molecule has 1 aromatic heterocycles. The van der Waals surface area contributed by atoms with Crippen LogP contribution >= 0.6 is 22.9 Å². The first-order chi connectivity index (χ1) is 15.4. The van der Waals surface area contributed by atoms with Crippen LogP contribution in [0.25, 0.3) is 21.7 Å². The number of esters is 1. The number of nitrogens with zero attached hydrogens (tertiary/aromatic N) is 1. The number of hydrogen-bond donors (Lipinski definition) is 0. The highest BCUT2D eigenvalue weighted by Crippen LogP contribution is 2.31. The molecule has 0 aliphatic heterocycles. The zero-order valence-corrected chi connectivity index (χ0v) is 19.4. The standard InChI is InChI=1S/C24H18ClNO4S2/c1-30-24(27)22-8-7-17(16-5-3-2-4-6-16)11-19(22)15-32(28,29)21-13-18(12-20(25)14-21)23-26-9-10-31-23/h2-14H,15H2,1H3. The Hall–Kier alpha value is -3.00. The van der Waals surface area contributed by atoms with Gasteiger partial charge >= 0.3 is 5.97 Å². The number of carbonyl (C=O) groups excluding carboxylic acids is 1. The quantitative estimate of drug-likeness (QED) is 0.320. The molecule has 0 saturated carbocycles. The number of carbonyl (C=O) groups is 1. The van der Waals surface area contributed by atoms with Crippen LogP contribution in [-0.2, 0) is 20.3 Å². The van der Waals surface area contributed by atoms with Crippen LogP contribution in [0.2, 0.25) is 5.02 Å². The van der Waals surface area contributed by atoms with Crippen LogP contribution in [0.3, 0.4) is 0 Å². The molecule has 32 heavy (non-hydrogen) atoms. The van der Waals surface area contributed by atoms with Crippen molar-refractivity contribution >= 4 is 38.7 Å². The predicted octanol–water partition coefficient (Wildman–Crippen LogP) is 5.89. The average molecular weight is 484 g/mol. The summed E-state index contributed by atoms with van der Waals surface area (Å²) in [5.41, 5.74) is 2.90. The molecule has 8 heteroatoms. The van der Waals surface area contributed by atoms with Crippen LogP contribution in [0.15, 0.2) is 83.2 Å². The number of ether oxygens (including phenoxy) is 1. The van der Waals surface area contributed by atoms with Gasteiger partial charge < -0.3 is 4.74 Å². The number of aromatic nitrogens is 1. The molecule has 0 saturated heterocycles. The Kier molecular flexibility index (Phi) is 6.41. The molecule has 0 atom stereocenters. The Labute approximate surface area is 195 Å². The Morgan fingerprint density at radius 3 is 2.47 bits per heavy atom. The zero-order valence-electron chi connectivity index (χ0n) is 17.0. The number of thiazole rings is 1. The third kappa shape index (κ3) is 4.75. The molecule has 4 aromatic rings. The van der Waals surface area contributed by atoms with E-state index in [-0.39, 0.29) is 16.2 Å². The minimum absolute atomic E-state index is 0.0659. The average Bonchev–Trinajstić information content (AvgIpc) is 3.33. The van der Waals surface area contributed by atoms with Gasteiger partial charge in [0, 0.05) is 22.2 Å². The van der Waals surface area contributed by atoms with E-state index in [4.69, 9.17) is 16.3 Å². The minimum Gasteiger partial charge on any atom is -0.465 e. The number of rotatable bonds is 6. The second-order valence-corrected chi connectivity index (χ2v) is 10.3. The molecule has 3 aromatic carbocycles. The van der Waals surface area contributed by atoms with Crippen molar-refractivity contribution in [3.05, 3.63) is 94.5 Å². The fourth-order valence-electron chi connectivity index (χ4n) is 3.35. The second-order valence-electron chi connectivity index (χ2n) is 7.00. The van der Waals surface area contributed by atoms with Crippen LogP contribution in [0.4, 0.5) is 0 Å². The molecule has 5 nitrogen and oxygen atoms in total. The molecule has 0 amide bonds. The van der Waals surface area contributed by atoms with Gasteiger partial charge in [-0.15, -0.1) is 11.3 Å². The lowest BCUT2D eigenvalue weighted by molar-refractivity contribution is 0.0600. The molecule has 1 heterocycles. The summed E-state index contributed by atoms with van der Waals surface area (Å²) in [6, 6.07) is 19.3. The number of benzene rings is 3. The first-order valence-corrected chi connectivity index (χ1v) is 12.5. The van der Waals surface area contributed by atoms with E-state index in [0.29, 0.717) is 21.2 Å². The highest BCUT2D eigenvalue weighted by Gasteiger charge is 2.22. The summed E-state index contributed by atoms with van der Waals surface area (Å²) in [6.45, 7) is 0. The van der Waals surface area contributed by atoms with Gasteiger partial charge in [-0.3, -0.25) is 0 Å². The molecular weight excluding hydrogens is 466 g/mol. The van der Waals surface area contributed by atoms with Crippen LogP contribution in [-0.4, -0.2) is 26.5 Å². The van der Waals surface area contributed by atoms with Gasteiger partial charge in [0.2, 0.25) is 0 Å². The van der Waals surface area contributed by atoms with E-state index in [0.717, 1.165) is 11.1 Å². The van der Waals surface area contributed by atoms with Crippen molar-refractivity contribution in [1.29, 1.82) is 0 Å². The summed E-state index contributed by atoms with van der Waals surface area (Å²) in [7, 11) is -2.56. The maximum absolute atomic E-state index is 13.4. The van der Waals surface area contributed by atoms with Crippen LogP contribution < -0.4 is 0 Å². The molecule has 0 spiro atoms. The summed E-state index contributed by atoms with van der Waals surface area (Å²) < 4.78 is 31.6. The maximum atomic E-state index is 13.4. The lowest BCUT2D eigenvalue weighted by Crippen LogP contribution is -2.11. The first-order valence-electron chi connectivity index (χ1n) is 9.57. The van der Waals surface area contributed by atoms with Gasteiger partial charge in [-0.1, -0.05) is 48.0 Å². The van der Waals surface area contributed by atoms with Crippen LogP contribution in [0.1, 0.15) is 15.9 Å². The highest BCUT2D eigenvalue weighted by molar-refractivity contribution is 7.90. The van der Waals surface area contributed by atoms with Gasteiger partial charge in [-0.25, -0.2) is 18.2 Å². The molecule has 0 aliphatic carbocycles. The fourth-order valence-corrected chi connectivity index (χ4v) is 5.71. The van der Waals surface area contributed by atoms with Gasteiger partial charge in [0.05, 0.1) is 23.3 Å². The SMILES string of the molecule is COC(=O)c1ccc(-c2ccccc2)cc1CS(=O)(=O)c1cc(Cl)cc(-c2nccs2)c1. The van der Waals surface area contributed by atoms with Crippen molar-refractivity contribution in [3.8, 4) is 21.7 Å². The molecule has 0 bridgehead atoms. The lowest BCUT2D eigenvalue weighted by Gasteiger charge is -2.12. The van der Waals surface area contributed by atoms with E-state index >= 15 is 0 Å². The summed E-state index contributed by atoms with van der Waals surface area (Å²) in [4.78, 5) is 16.6. The topological polar surface area (TPSA) is 73.3 Å². The van der Waals surface area contributed by atoms with Gasteiger partial charge in [-0.05, 0) is 47.0 Å². The van der Waals surface area contributed by atoms with E-state index in [9.17, 15) is 13.2 Å². The van der Waals surface area contributed by atoms with E-state index in [1.807, 2.05) is 35.7 Å². The smallest absolute Gasteiger partial charge is 0.338 e. The van der Waals surface area contributed by atoms with Crippen LogP contribution in [0.5, 0.6) is 0 Å². The third-order valence-electron chi connectivity index (χ3n) is 4.87. The molecule has 0 N–H and O–H groups in total. The summed E-state index contributed by atoms with van der Waals surface area (Å²) in [6.07, 6.45) is 1.65. The van der Waals surface area contributed by atoms with Gasteiger partial charge in [0.15, 0.2) is 9.84 Å². The van der Waals surface area contributed by atoms with Gasteiger partial charge in [0.1, 0.15) is 5.01 Å². The Morgan fingerprint density at radius 2 is 1.78 bits per heavy atom. The van der Waals surface area contributed by atoms with Crippen molar-refractivity contribution in [3.63, 3.8) is 0 Å². The number of hydrogen-bond acceptors (Lipinski definition) is 6. The summed E-state index contributed by atoms with van der Waals surface area (Å²) >= 11 is 7.61. The molecule has 4 rings (SSSR count). The van der Waals surface area contributed by atoms with Gasteiger partial charge in [0.25, 0.3) is 0 Å². The van der Waals surface area contributed by atoms with E-state index < -0.39 is 15.8 Å². The Bertz CT molecular complexity index is 1370. The Balaban J connectivity index is 1.78. The number of halogens is 1. The van der Waals surface area contributed by atoms with E-state index in [2.05, 4.69) is 4.98 Å². The van der Waals surface area contributed by atoms with Crippen LogP contribution in [0, 0.1) is 0 Å². The van der Waals surface area contributed by atoms with Crippen molar-refractivity contribution in [2.24, 2.45) is 0 Å². The minimum atomic E-state index is -3.83. The number of methoxy groups -OCH3 is 1.